The number of benzene rings is 1. The molecule has 0 aliphatic heterocycles. The van der Waals surface area contributed by atoms with Gasteiger partial charge in [-0.2, -0.15) is 0 Å². The van der Waals surface area contributed by atoms with Crippen molar-refractivity contribution in [2.24, 2.45) is 22.4 Å². The summed E-state index contributed by atoms with van der Waals surface area (Å²) in [6.45, 7) is 3.93. The Balaban J connectivity index is 0. The van der Waals surface area contributed by atoms with Crippen LogP contribution >= 0.6 is 0 Å². The molecule has 0 fully saturated rings. The van der Waals surface area contributed by atoms with Crippen LogP contribution in [-0.2, 0) is 16.0 Å². The van der Waals surface area contributed by atoms with E-state index in [0.717, 1.165) is 0 Å². The molecule has 0 bridgehead atoms. The minimum absolute atomic E-state index is 0. The van der Waals surface area contributed by atoms with Gasteiger partial charge in [0.25, 0.3) is 0 Å². The number of aliphatic imine (C=N–C) groups is 1. The molecule has 0 unspecified atom stereocenters. The number of guanidine groups is 1. The normalized spacial score (nSPS) is 10.8. The molecule has 0 spiro atoms. The summed E-state index contributed by atoms with van der Waals surface area (Å²) in [6.07, 6.45) is 0.0173. The second-order valence-electron chi connectivity index (χ2n) is 5.63. The molecule has 1 aromatic rings. The van der Waals surface area contributed by atoms with Gasteiger partial charge < -0.3 is 26.4 Å². The SMILES string of the molecule is CC(C)/C(C(=O)O)=C(\Cc1ccc(OCCN=C(N)N)cc1)C(=O)O.[Na].[Na]. The average Bonchev–Trinajstić information content (AvgIpc) is 2.51. The van der Waals surface area contributed by atoms with Crippen molar-refractivity contribution in [2.45, 2.75) is 20.3 Å². The van der Waals surface area contributed by atoms with Crippen molar-refractivity contribution in [1.29, 1.82) is 0 Å². The number of hydrogen-bond acceptors (Lipinski definition) is 4. The number of rotatable bonds is 9. The van der Waals surface area contributed by atoms with Gasteiger partial charge in [0.1, 0.15) is 12.4 Å². The second-order valence-corrected chi connectivity index (χ2v) is 5.63. The number of nitrogens with zero attached hydrogens (tertiary/aromatic N) is 1. The van der Waals surface area contributed by atoms with E-state index >= 15 is 0 Å². The summed E-state index contributed by atoms with van der Waals surface area (Å²) in [4.78, 5) is 26.6. The largest absolute Gasteiger partial charge is 0.492 e. The number of carboxylic acids is 2. The maximum atomic E-state index is 11.5. The van der Waals surface area contributed by atoms with Gasteiger partial charge in [-0.3, -0.25) is 4.99 Å². The first-order chi connectivity index (χ1) is 11.7. The van der Waals surface area contributed by atoms with Crippen molar-refractivity contribution in [2.75, 3.05) is 13.2 Å². The summed E-state index contributed by atoms with van der Waals surface area (Å²) < 4.78 is 5.45. The van der Waals surface area contributed by atoms with Gasteiger partial charge in [0, 0.05) is 65.5 Å². The van der Waals surface area contributed by atoms with Crippen LogP contribution in [0.1, 0.15) is 19.4 Å². The van der Waals surface area contributed by atoms with Crippen molar-refractivity contribution in [3.05, 3.63) is 41.0 Å². The number of carboxylic acid groups (broad SMARTS) is 2. The van der Waals surface area contributed by atoms with E-state index in [9.17, 15) is 19.8 Å². The van der Waals surface area contributed by atoms with Crippen molar-refractivity contribution < 1.29 is 24.5 Å². The molecule has 0 saturated heterocycles. The maximum Gasteiger partial charge on any atom is 0.332 e. The fraction of sp³-hybridized carbons (Fsp3) is 0.353. The number of nitrogens with two attached hydrogens (primary N) is 2. The molecule has 0 heterocycles. The molecule has 1 aromatic carbocycles. The predicted octanol–water partition coefficient (Wildman–Crippen LogP) is 0.242. The minimum Gasteiger partial charge on any atom is -0.492 e. The smallest absolute Gasteiger partial charge is 0.332 e. The van der Waals surface area contributed by atoms with E-state index in [2.05, 4.69) is 4.99 Å². The molecule has 0 aromatic heterocycles. The fourth-order valence-corrected chi connectivity index (χ4v) is 2.26. The Bertz CT molecular complexity index is 684. The van der Waals surface area contributed by atoms with Crippen molar-refractivity contribution >= 4 is 77.0 Å². The molecule has 10 heteroatoms. The Kier molecular flexibility index (Phi) is 14.7. The second kappa shape index (κ2) is 14.0. The van der Waals surface area contributed by atoms with E-state index in [1.165, 1.54) is 0 Å². The first-order valence-electron chi connectivity index (χ1n) is 7.69. The van der Waals surface area contributed by atoms with E-state index in [4.69, 9.17) is 16.2 Å². The van der Waals surface area contributed by atoms with Gasteiger partial charge in [0.05, 0.1) is 17.7 Å². The Hall–Kier alpha value is -1.03. The number of ether oxygens (including phenoxy) is 1. The average molecular weight is 395 g/mol. The van der Waals surface area contributed by atoms with Crippen LogP contribution in [-0.4, -0.2) is 100 Å². The van der Waals surface area contributed by atoms with Crippen LogP contribution < -0.4 is 16.2 Å². The molecule has 138 valence electrons. The minimum atomic E-state index is -1.23. The zero-order chi connectivity index (χ0) is 19.0. The summed E-state index contributed by atoms with van der Waals surface area (Å²) in [6, 6.07) is 6.75. The first-order valence-corrected chi connectivity index (χ1v) is 7.69. The summed E-state index contributed by atoms with van der Waals surface area (Å²) in [5.41, 5.74) is 10.9. The molecule has 0 saturated carbocycles. The molecular formula is C17H23N3Na2O5. The molecule has 27 heavy (non-hydrogen) atoms. The van der Waals surface area contributed by atoms with Crippen molar-refractivity contribution in [3.8, 4) is 5.75 Å². The number of aliphatic carboxylic acids is 2. The monoisotopic (exact) mass is 395 g/mol. The van der Waals surface area contributed by atoms with E-state index in [0.29, 0.717) is 24.5 Å². The van der Waals surface area contributed by atoms with Crippen LogP contribution in [0, 0.1) is 5.92 Å². The van der Waals surface area contributed by atoms with Gasteiger partial charge in [0.2, 0.25) is 0 Å². The zero-order valence-electron chi connectivity index (χ0n) is 16.2. The summed E-state index contributed by atoms with van der Waals surface area (Å²) in [5, 5.41) is 18.6. The molecule has 8 nitrogen and oxygen atoms in total. The summed E-state index contributed by atoms with van der Waals surface area (Å²) in [5.74, 6) is -2.28. The van der Waals surface area contributed by atoms with Crippen LogP contribution in [0.3, 0.4) is 0 Å². The molecule has 1 rings (SSSR count). The third-order valence-electron chi connectivity index (χ3n) is 3.35. The fourth-order valence-electron chi connectivity index (χ4n) is 2.26. The molecule has 2 radical (unpaired) electrons. The standard InChI is InChI=1S/C17H23N3O5.2Na/c1-10(2)14(16(23)24)13(15(21)22)9-11-3-5-12(6-4-11)25-8-7-20-17(18)19;;/h3-6,10H,7-9H2,1-2H3,(H,21,22)(H,23,24)(H4,18,19,20);;/b14-13-;;. The summed E-state index contributed by atoms with van der Waals surface area (Å²) >= 11 is 0. The molecular weight excluding hydrogens is 372 g/mol. The third kappa shape index (κ3) is 10.2. The van der Waals surface area contributed by atoms with Crippen LogP contribution in [0.15, 0.2) is 40.4 Å². The molecule has 6 N–H and O–H groups in total. The topological polar surface area (TPSA) is 148 Å². The van der Waals surface area contributed by atoms with Gasteiger partial charge in [0.15, 0.2) is 5.96 Å². The third-order valence-corrected chi connectivity index (χ3v) is 3.35. The van der Waals surface area contributed by atoms with Crippen LogP contribution in [0.25, 0.3) is 0 Å². The Morgan fingerprint density at radius 3 is 2.04 bits per heavy atom. The number of hydrogen-bond donors (Lipinski definition) is 4. The number of carbonyl (C=O) groups is 2. The zero-order valence-corrected chi connectivity index (χ0v) is 20.2. The van der Waals surface area contributed by atoms with E-state index in [1.807, 2.05) is 0 Å². The van der Waals surface area contributed by atoms with Crippen molar-refractivity contribution in [3.63, 3.8) is 0 Å². The molecule has 0 aliphatic rings. The van der Waals surface area contributed by atoms with Crippen LogP contribution in [0.5, 0.6) is 5.75 Å². The van der Waals surface area contributed by atoms with Crippen LogP contribution in [0.2, 0.25) is 0 Å². The first kappa shape index (κ1) is 28.2. The van der Waals surface area contributed by atoms with E-state index < -0.39 is 17.9 Å². The maximum absolute atomic E-state index is 11.5. The molecule has 0 atom stereocenters. The predicted molar refractivity (Wildman–Crippen MR) is 105 cm³/mol. The van der Waals surface area contributed by atoms with Gasteiger partial charge in [-0.1, -0.05) is 26.0 Å². The Morgan fingerprint density at radius 1 is 1.07 bits per heavy atom. The van der Waals surface area contributed by atoms with Gasteiger partial charge in [-0.25, -0.2) is 9.59 Å². The molecule has 0 aliphatic carbocycles. The van der Waals surface area contributed by atoms with Gasteiger partial charge in [-0.15, -0.1) is 0 Å². The quantitative estimate of drug-likeness (QED) is 0.154. The Morgan fingerprint density at radius 2 is 1.63 bits per heavy atom. The molecule has 0 amide bonds. The van der Waals surface area contributed by atoms with Gasteiger partial charge in [-0.05, 0) is 23.6 Å². The van der Waals surface area contributed by atoms with E-state index in [-0.39, 0.29) is 82.6 Å². The Labute approximate surface area is 202 Å². The van der Waals surface area contributed by atoms with Gasteiger partial charge >= 0.3 is 11.9 Å². The summed E-state index contributed by atoms with van der Waals surface area (Å²) in [7, 11) is 0. The van der Waals surface area contributed by atoms with Crippen molar-refractivity contribution in [1.82, 2.24) is 0 Å². The van der Waals surface area contributed by atoms with E-state index in [1.54, 1.807) is 38.1 Å². The van der Waals surface area contributed by atoms with Crippen LogP contribution in [0.4, 0.5) is 0 Å².